The summed E-state index contributed by atoms with van der Waals surface area (Å²) in [6, 6.07) is 6.89. The summed E-state index contributed by atoms with van der Waals surface area (Å²) >= 11 is 1.53. The average Bonchev–Trinajstić information content (AvgIpc) is 3.02. The Balaban J connectivity index is 2.08. The molecule has 0 spiro atoms. The van der Waals surface area contributed by atoms with Gasteiger partial charge < -0.3 is 18.8 Å². The van der Waals surface area contributed by atoms with Crippen molar-refractivity contribution in [2.75, 3.05) is 27.1 Å². The third kappa shape index (κ3) is 5.41. The van der Waals surface area contributed by atoms with E-state index in [1.165, 1.54) is 26.0 Å². The second-order valence-corrected chi connectivity index (χ2v) is 7.21. The zero-order valence-electron chi connectivity index (χ0n) is 17.2. The Morgan fingerprint density at radius 2 is 1.79 bits per heavy atom. The Hall–Kier alpha value is -2.74. The van der Waals surface area contributed by atoms with Gasteiger partial charge in [-0.3, -0.25) is 9.59 Å². The molecule has 0 N–H and O–H groups in total. The second-order valence-electron chi connectivity index (χ2n) is 6.33. The highest BCUT2D eigenvalue weighted by Crippen LogP contribution is 2.26. The van der Waals surface area contributed by atoms with Crippen molar-refractivity contribution in [3.63, 3.8) is 0 Å². The number of aryl methyl sites for hydroxylation is 1. The van der Waals surface area contributed by atoms with E-state index in [-0.39, 0.29) is 30.3 Å². The first-order chi connectivity index (χ1) is 13.8. The summed E-state index contributed by atoms with van der Waals surface area (Å²) in [6.45, 7) is 3.68. The van der Waals surface area contributed by atoms with Crippen molar-refractivity contribution < 1.29 is 28.6 Å². The molecule has 0 aliphatic rings. The number of thioether (sulfide) groups is 1. The van der Waals surface area contributed by atoms with Crippen molar-refractivity contribution in [3.8, 4) is 5.75 Å². The summed E-state index contributed by atoms with van der Waals surface area (Å²) in [4.78, 5) is 37.3. The lowest BCUT2D eigenvalue weighted by Crippen LogP contribution is -2.16. The highest BCUT2D eigenvalue weighted by atomic mass is 32.2. The van der Waals surface area contributed by atoms with Gasteiger partial charge in [-0.15, -0.1) is 11.8 Å². The van der Waals surface area contributed by atoms with Crippen LogP contribution in [0.5, 0.6) is 5.75 Å². The summed E-state index contributed by atoms with van der Waals surface area (Å²) in [5.41, 5.74) is 2.29. The fourth-order valence-corrected chi connectivity index (χ4v) is 3.42. The molecule has 7 nitrogen and oxygen atoms in total. The minimum atomic E-state index is -0.623. The zero-order chi connectivity index (χ0) is 21.6. The maximum Gasteiger partial charge on any atom is 0.342 e. The maximum atomic E-state index is 12.6. The molecule has 0 radical (unpaired) electrons. The minimum Gasteiger partial charge on any atom is -0.496 e. The number of carbonyl (C=O) groups is 3. The van der Waals surface area contributed by atoms with Crippen LogP contribution in [0.2, 0.25) is 0 Å². The molecule has 0 fully saturated rings. The molecule has 0 saturated carbocycles. The van der Waals surface area contributed by atoms with Gasteiger partial charge in [0.15, 0.2) is 6.61 Å². The number of hydrogen-bond acceptors (Lipinski definition) is 7. The van der Waals surface area contributed by atoms with Crippen LogP contribution in [-0.2, 0) is 20.8 Å². The van der Waals surface area contributed by atoms with Crippen LogP contribution >= 0.6 is 11.8 Å². The predicted molar refractivity (Wildman–Crippen MR) is 110 cm³/mol. The van der Waals surface area contributed by atoms with Gasteiger partial charge in [0.2, 0.25) is 5.78 Å². The minimum absolute atomic E-state index is 0.210. The maximum absolute atomic E-state index is 12.6. The van der Waals surface area contributed by atoms with Crippen molar-refractivity contribution in [3.05, 3.63) is 46.8 Å². The summed E-state index contributed by atoms with van der Waals surface area (Å²) in [5, 5.41) is 0. The molecule has 8 heteroatoms. The van der Waals surface area contributed by atoms with Crippen LogP contribution in [0.3, 0.4) is 0 Å². The highest BCUT2D eigenvalue weighted by molar-refractivity contribution is 7.98. The van der Waals surface area contributed by atoms with Gasteiger partial charge in [0, 0.05) is 28.4 Å². The molecule has 0 unspecified atom stereocenters. The predicted octanol–water partition coefficient (Wildman–Crippen LogP) is 3.44. The van der Waals surface area contributed by atoms with Crippen molar-refractivity contribution in [2.24, 2.45) is 0 Å². The second kappa shape index (κ2) is 10.2. The number of aromatic nitrogens is 1. The van der Waals surface area contributed by atoms with Gasteiger partial charge in [-0.05, 0) is 44.4 Å². The third-order valence-corrected chi connectivity index (χ3v) is 5.33. The van der Waals surface area contributed by atoms with Gasteiger partial charge >= 0.3 is 11.9 Å². The molecule has 0 aliphatic heterocycles. The third-order valence-electron chi connectivity index (χ3n) is 4.60. The number of benzene rings is 1. The van der Waals surface area contributed by atoms with Crippen LogP contribution in [0.15, 0.2) is 29.2 Å². The lowest BCUT2D eigenvalue weighted by molar-refractivity contribution is -0.140. The fraction of sp³-hybridized carbons (Fsp3) is 0.381. The Bertz CT molecular complexity index is 918. The van der Waals surface area contributed by atoms with Crippen molar-refractivity contribution in [1.82, 2.24) is 4.57 Å². The van der Waals surface area contributed by atoms with Crippen LogP contribution < -0.4 is 4.74 Å². The molecule has 2 aromatic rings. The average molecular weight is 419 g/mol. The number of Topliss-reactive ketones (excluding diaryl/α,β-unsaturated/α-hetero) is 1. The largest absolute Gasteiger partial charge is 0.496 e. The van der Waals surface area contributed by atoms with E-state index >= 15 is 0 Å². The van der Waals surface area contributed by atoms with E-state index in [9.17, 15) is 14.4 Å². The Morgan fingerprint density at radius 3 is 2.41 bits per heavy atom. The molecule has 0 amide bonds. The van der Waals surface area contributed by atoms with Gasteiger partial charge in [0.1, 0.15) is 11.3 Å². The number of ether oxygens (including phenoxy) is 3. The van der Waals surface area contributed by atoms with Crippen LogP contribution in [0.4, 0.5) is 0 Å². The summed E-state index contributed by atoms with van der Waals surface area (Å²) < 4.78 is 17.0. The molecule has 29 heavy (non-hydrogen) atoms. The van der Waals surface area contributed by atoms with Gasteiger partial charge in [0.25, 0.3) is 0 Å². The van der Waals surface area contributed by atoms with Crippen LogP contribution in [-0.4, -0.2) is 49.4 Å². The molecule has 1 heterocycles. The van der Waals surface area contributed by atoms with Crippen LogP contribution in [0.25, 0.3) is 0 Å². The lowest BCUT2D eigenvalue weighted by atomic mass is 10.1. The van der Waals surface area contributed by atoms with Gasteiger partial charge in [-0.25, -0.2) is 4.79 Å². The number of rotatable bonds is 9. The molecular weight excluding hydrogens is 394 g/mol. The number of esters is 2. The van der Waals surface area contributed by atoms with E-state index in [2.05, 4.69) is 4.74 Å². The van der Waals surface area contributed by atoms with E-state index in [1.54, 1.807) is 31.2 Å². The first-order valence-electron chi connectivity index (χ1n) is 8.98. The molecule has 156 valence electrons. The molecule has 1 aromatic heterocycles. The number of ketones is 1. The fourth-order valence-electron chi connectivity index (χ4n) is 2.99. The van der Waals surface area contributed by atoms with E-state index in [1.807, 2.05) is 17.7 Å². The number of methoxy groups -OCH3 is 2. The summed E-state index contributed by atoms with van der Waals surface area (Å²) in [5.74, 6) is -0.853. The smallest absolute Gasteiger partial charge is 0.342 e. The molecule has 1 aromatic carbocycles. The number of carbonyl (C=O) groups excluding carboxylic acids is 3. The van der Waals surface area contributed by atoms with E-state index in [4.69, 9.17) is 9.47 Å². The molecule has 0 atom stereocenters. The quantitative estimate of drug-likeness (QED) is 0.350. The van der Waals surface area contributed by atoms with Crippen molar-refractivity contribution >= 4 is 29.5 Å². The number of hydrogen-bond donors (Lipinski definition) is 0. The Morgan fingerprint density at radius 1 is 1.07 bits per heavy atom. The van der Waals surface area contributed by atoms with Gasteiger partial charge in [-0.2, -0.15) is 0 Å². The Labute approximate surface area is 174 Å². The van der Waals surface area contributed by atoms with Crippen molar-refractivity contribution in [2.45, 2.75) is 31.7 Å². The van der Waals surface area contributed by atoms with Crippen LogP contribution in [0, 0.1) is 13.8 Å². The first-order valence-corrected chi connectivity index (χ1v) is 10.2. The number of nitrogens with zero attached hydrogens (tertiary/aromatic N) is 1. The molecule has 0 bridgehead atoms. The van der Waals surface area contributed by atoms with E-state index in [0.717, 1.165) is 10.6 Å². The SMILES string of the molecule is COC(=O)CCn1c(C)cc(C(=O)COC(=O)c2ccc(SC)cc2OC)c1C. The zero-order valence-corrected chi connectivity index (χ0v) is 18.1. The van der Waals surface area contributed by atoms with Crippen LogP contribution in [0.1, 0.15) is 38.5 Å². The molecule has 2 rings (SSSR count). The van der Waals surface area contributed by atoms with E-state index in [0.29, 0.717) is 23.6 Å². The monoisotopic (exact) mass is 419 g/mol. The summed E-state index contributed by atoms with van der Waals surface area (Å²) in [6.07, 6.45) is 2.13. The topological polar surface area (TPSA) is 83.8 Å². The van der Waals surface area contributed by atoms with Gasteiger partial charge in [0.05, 0.1) is 20.6 Å². The first kappa shape index (κ1) is 22.5. The standard InChI is InChI=1S/C21H25NO6S/c1-13-10-17(14(2)22(13)9-8-20(24)27-4)18(23)12-28-21(25)16-7-6-15(29-5)11-19(16)26-3/h6-7,10-11H,8-9,12H2,1-5H3. The normalized spacial score (nSPS) is 10.5. The van der Waals surface area contributed by atoms with Gasteiger partial charge in [-0.1, -0.05) is 0 Å². The lowest BCUT2D eigenvalue weighted by Gasteiger charge is -2.10. The van der Waals surface area contributed by atoms with Crippen molar-refractivity contribution in [1.29, 1.82) is 0 Å². The van der Waals surface area contributed by atoms with E-state index < -0.39 is 5.97 Å². The highest BCUT2D eigenvalue weighted by Gasteiger charge is 2.20. The Kier molecular flexibility index (Phi) is 7.90. The summed E-state index contributed by atoms with van der Waals surface area (Å²) in [7, 11) is 2.81. The molecule has 0 saturated heterocycles. The molecular formula is C21H25NO6S. The molecule has 0 aliphatic carbocycles.